The molecule has 3 atom stereocenters. The lowest BCUT2D eigenvalue weighted by Crippen LogP contribution is -2.43. The molecule has 0 saturated heterocycles. The smallest absolute Gasteiger partial charge is 0.387 e. The maximum atomic E-state index is 12.5. The molecule has 3 N–H and O–H groups in total. The molecule has 1 rings (SSSR count). The van der Waals surface area contributed by atoms with E-state index in [4.69, 9.17) is 11.1 Å². The van der Waals surface area contributed by atoms with Crippen LogP contribution in [0.15, 0.2) is 0 Å². The third-order valence-electron chi connectivity index (χ3n) is 3.09. The van der Waals surface area contributed by atoms with Crippen molar-refractivity contribution < 1.29 is 13.2 Å². The van der Waals surface area contributed by atoms with Crippen LogP contribution in [0.1, 0.15) is 13.3 Å². The van der Waals surface area contributed by atoms with Crippen LogP contribution in [0.3, 0.4) is 0 Å². The Bertz CT molecular complexity index is 265. The molecular formula is C10H18F3N3. The van der Waals surface area contributed by atoms with Crippen molar-refractivity contribution in [3.05, 3.63) is 0 Å². The number of amidine groups is 1. The zero-order chi connectivity index (χ0) is 12.5. The van der Waals surface area contributed by atoms with E-state index in [2.05, 4.69) is 6.92 Å². The molecule has 1 fully saturated rings. The average molecular weight is 237 g/mol. The molecule has 3 nitrogen and oxygen atoms in total. The van der Waals surface area contributed by atoms with Crippen LogP contribution in [0.5, 0.6) is 0 Å². The minimum absolute atomic E-state index is 0.220. The van der Waals surface area contributed by atoms with Crippen molar-refractivity contribution in [1.82, 2.24) is 4.90 Å². The summed E-state index contributed by atoms with van der Waals surface area (Å²) in [5, 5.41) is 6.97. The first-order valence-corrected chi connectivity index (χ1v) is 5.31. The van der Waals surface area contributed by atoms with E-state index in [1.807, 2.05) is 0 Å². The lowest BCUT2D eigenvalue weighted by molar-refractivity contribution is -0.159. The van der Waals surface area contributed by atoms with E-state index in [1.54, 1.807) is 11.9 Å². The quantitative estimate of drug-likeness (QED) is 0.564. The van der Waals surface area contributed by atoms with E-state index >= 15 is 0 Å². The van der Waals surface area contributed by atoms with Crippen LogP contribution >= 0.6 is 0 Å². The average Bonchev–Trinajstić information content (AvgIpc) is 2.75. The summed E-state index contributed by atoms with van der Waals surface area (Å²) in [5.74, 6) is -1.52. The molecule has 0 aliphatic heterocycles. The van der Waals surface area contributed by atoms with Gasteiger partial charge in [0.15, 0.2) is 0 Å². The highest BCUT2D eigenvalue weighted by Gasteiger charge is 2.43. The second-order valence-corrected chi connectivity index (χ2v) is 4.74. The number of halogens is 3. The molecule has 6 heteroatoms. The first-order chi connectivity index (χ1) is 7.21. The summed E-state index contributed by atoms with van der Waals surface area (Å²) in [7, 11) is 1.65. The number of hydrogen-bond donors (Lipinski definition) is 2. The topological polar surface area (TPSA) is 53.1 Å². The van der Waals surface area contributed by atoms with Crippen molar-refractivity contribution in [2.24, 2.45) is 23.5 Å². The minimum atomic E-state index is -4.42. The Morgan fingerprint density at radius 2 is 2.06 bits per heavy atom. The predicted molar refractivity (Wildman–Crippen MR) is 56.2 cm³/mol. The molecule has 0 aromatic heterocycles. The van der Waals surface area contributed by atoms with Crippen molar-refractivity contribution in [3.8, 4) is 0 Å². The third kappa shape index (κ3) is 3.66. The Morgan fingerprint density at radius 3 is 2.38 bits per heavy atom. The van der Waals surface area contributed by atoms with E-state index in [0.717, 1.165) is 6.42 Å². The van der Waals surface area contributed by atoms with Gasteiger partial charge in [-0.3, -0.25) is 5.41 Å². The Balaban J connectivity index is 2.45. The van der Waals surface area contributed by atoms with Gasteiger partial charge >= 0.3 is 6.18 Å². The van der Waals surface area contributed by atoms with Crippen LogP contribution in [0.4, 0.5) is 13.2 Å². The second kappa shape index (κ2) is 4.61. The number of alkyl halides is 3. The molecule has 0 aromatic rings. The SMILES string of the molecule is CC1CC1CN(C)CC(C(=N)N)C(F)(F)F. The first-order valence-electron chi connectivity index (χ1n) is 5.31. The summed E-state index contributed by atoms with van der Waals surface area (Å²) in [6, 6.07) is 0. The normalized spacial score (nSPS) is 26.9. The van der Waals surface area contributed by atoms with Gasteiger partial charge in [-0.1, -0.05) is 6.92 Å². The van der Waals surface area contributed by atoms with E-state index in [-0.39, 0.29) is 6.54 Å². The molecule has 0 spiro atoms. The van der Waals surface area contributed by atoms with Crippen molar-refractivity contribution in [1.29, 1.82) is 5.41 Å². The summed E-state index contributed by atoms with van der Waals surface area (Å²) in [6.45, 7) is 2.52. The van der Waals surface area contributed by atoms with E-state index in [9.17, 15) is 13.2 Å². The molecule has 0 radical (unpaired) electrons. The highest BCUT2D eigenvalue weighted by Crippen LogP contribution is 2.38. The van der Waals surface area contributed by atoms with Gasteiger partial charge in [-0.25, -0.2) is 0 Å². The molecule has 1 aliphatic rings. The second-order valence-electron chi connectivity index (χ2n) is 4.74. The van der Waals surface area contributed by atoms with Gasteiger partial charge in [-0.15, -0.1) is 0 Å². The standard InChI is InChI=1S/C10H18F3N3/c1-6-3-7(6)4-16(2)5-8(9(14)15)10(11,12)13/h6-8H,3-5H2,1-2H3,(H3,14,15). The molecule has 0 amide bonds. The monoisotopic (exact) mass is 237 g/mol. The zero-order valence-electron chi connectivity index (χ0n) is 9.51. The Morgan fingerprint density at radius 1 is 1.56 bits per heavy atom. The molecule has 1 aliphatic carbocycles. The lowest BCUT2D eigenvalue weighted by atomic mass is 10.1. The number of hydrogen-bond acceptors (Lipinski definition) is 2. The van der Waals surface area contributed by atoms with Gasteiger partial charge in [0.05, 0.1) is 0 Å². The first kappa shape index (κ1) is 13.3. The van der Waals surface area contributed by atoms with Crippen LogP contribution in [0.25, 0.3) is 0 Å². The van der Waals surface area contributed by atoms with Crippen LogP contribution in [0, 0.1) is 23.2 Å². The zero-order valence-corrected chi connectivity index (χ0v) is 9.51. The van der Waals surface area contributed by atoms with E-state index in [0.29, 0.717) is 18.4 Å². The summed E-state index contributed by atoms with van der Waals surface area (Å²) < 4.78 is 37.5. The number of nitrogens with one attached hydrogen (secondary N) is 1. The lowest BCUT2D eigenvalue weighted by Gasteiger charge is -2.25. The summed E-state index contributed by atoms with van der Waals surface area (Å²) in [4.78, 5) is 1.62. The Kier molecular flexibility index (Phi) is 3.83. The fourth-order valence-electron chi connectivity index (χ4n) is 1.82. The van der Waals surface area contributed by atoms with Crippen molar-refractivity contribution in [3.63, 3.8) is 0 Å². The van der Waals surface area contributed by atoms with E-state index < -0.39 is 17.9 Å². The minimum Gasteiger partial charge on any atom is -0.387 e. The number of nitrogens with zero attached hydrogens (tertiary/aromatic N) is 1. The molecular weight excluding hydrogens is 219 g/mol. The predicted octanol–water partition coefficient (Wildman–Crippen LogP) is 1.69. The molecule has 0 bridgehead atoms. The summed E-state index contributed by atoms with van der Waals surface area (Å²) in [6.07, 6.45) is -3.34. The van der Waals surface area contributed by atoms with Crippen molar-refractivity contribution >= 4 is 5.84 Å². The molecule has 94 valence electrons. The van der Waals surface area contributed by atoms with Crippen molar-refractivity contribution in [2.45, 2.75) is 19.5 Å². The van der Waals surface area contributed by atoms with Crippen LogP contribution in [-0.2, 0) is 0 Å². The summed E-state index contributed by atoms with van der Waals surface area (Å²) in [5.41, 5.74) is 4.98. The molecule has 16 heavy (non-hydrogen) atoms. The van der Waals surface area contributed by atoms with Gasteiger partial charge in [-0.2, -0.15) is 13.2 Å². The van der Waals surface area contributed by atoms with Gasteiger partial charge in [-0.05, 0) is 25.3 Å². The summed E-state index contributed by atoms with van der Waals surface area (Å²) >= 11 is 0. The number of rotatable bonds is 5. The van der Waals surface area contributed by atoms with Crippen LogP contribution in [-0.4, -0.2) is 37.0 Å². The molecule has 0 heterocycles. The molecule has 0 aromatic carbocycles. The molecule has 1 saturated carbocycles. The highest BCUT2D eigenvalue weighted by atomic mass is 19.4. The maximum Gasteiger partial charge on any atom is 0.399 e. The van der Waals surface area contributed by atoms with Gasteiger partial charge in [0.2, 0.25) is 0 Å². The fourth-order valence-corrected chi connectivity index (χ4v) is 1.82. The highest BCUT2D eigenvalue weighted by molar-refractivity contribution is 5.80. The van der Waals surface area contributed by atoms with E-state index in [1.165, 1.54) is 0 Å². The van der Waals surface area contributed by atoms with Gasteiger partial charge in [0, 0.05) is 13.1 Å². The number of nitrogens with two attached hydrogens (primary N) is 1. The van der Waals surface area contributed by atoms with Crippen LogP contribution in [0.2, 0.25) is 0 Å². The van der Waals surface area contributed by atoms with Gasteiger partial charge in [0.1, 0.15) is 11.8 Å². The third-order valence-corrected chi connectivity index (χ3v) is 3.09. The van der Waals surface area contributed by atoms with Gasteiger partial charge < -0.3 is 10.6 Å². The van der Waals surface area contributed by atoms with Gasteiger partial charge in [0.25, 0.3) is 0 Å². The molecule has 3 unspecified atom stereocenters. The Hall–Kier alpha value is -0.780. The fraction of sp³-hybridized carbons (Fsp3) is 0.900. The van der Waals surface area contributed by atoms with Crippen molar-refractivity contribution in [2.75, 3.05) is 20.1 Å². The Labute approximate surface area is 93.3 Å². The largest absolute Gasteiger partial charge is 0.399 e. The van der Waals surface area contributed by atoms with Crippen LogP contribution < -0.4 is 5.73 Å². The maximum absolute atomic E-state index is 12.5.